The molecular weight excluding hydrogens is 279 g/mol. The Morgan fingerprint density at radius 3 is 1.67 bits per heavy atom. The number of unbranched alkanes of at least 4 members (excludes halogenated alkanes) is 9. The smallest absolute Gasteiger partial charge is 1.00 e. The molecule has 18 heavy (non-hydrogen) atoms. The van der Waals surface area contributed by atoms with Crippen molar-refractivity contribution in [2.75, 3.05) is 6.61 Å². The Bertz CT molecular complexity index is 260. The summed E-state index contributed by atoms with van der Waals surface area (Å²) in [4.78, 5) is 0. The van der Waals surface area contributed by atoms with Gasteiger partial charge in [0, 0.05) is 0 Å². The quantitative estimate of drug-likeness (QED) is 0.330. The molecule has 4 nitrogen and oxygen atoms in total. The van der Waals surface area contributed by atoms with Crippen molar-refractivity contribution < 1.29 is 70.0 Å². The summed E-state index contributed by atoms with van der Waals surface area (Å²) in [6.07, 6.45) is 11.9. The Balaban J connectivity index is -0.00000128. The third-order valence-electron chi connectivity index (χ3n) is 2.73. The van der Waals surface area contributed by atoms with Gasteiger partial charge in [-0.05, 0) is 6.42 Å². The zero-order valence-electron chi connectivity index (χ0n) is 12.9. The Kier molecular flexibility index (Phi) is 18.1. The summed E-state index contributed by atoms with van der Waals surface area (Å²) in [5.41, 5.74) is 0. The third kappa shape index (κ3) is 19.8. The van der Waals surface area contributed by atoms with Crippen molar-refractivity contribution in [3.8, 4) is 0 Å². The zero-order valence-corrected chi connectivity index (χ0v) is 15.8. The molecule has 0 rings (SSSR count). The molecule has 0 aromatic heterocycles. The summed E-state index contributed by atoms with van der Waals surface area (Å²) in [7, 11) is -4.23. The van der Waals surface area contributed by atoms with Crippen LogP contribution in [-0.2, 0) is 14.6 Å². The average Bonchev–Trinajstić information content (AvgIpc) is 2.24. The van der Waals surface area contributed by atoms with Gasteiger partial charge >= 0.3 is 61.8 Å². The van der Waals surface area contributed by atoms with Crippen molar-refractivity contribution in [2.45, 2.75) is 71.1 Å². The molecule has 0 aromatic rings. The van der Waals surface area contributed by atoms with E-state index in [-0.39, 0.29) is 59.4 Å². The van der Waals surface area contributed by atoms with Gasteiger partial charge in [0.05, 0.1) is 6.61 Å². The number of hydrogen-bond acceptors (Lipinski definition) is 3. The van der Waals surface area contributed by atoms with E-state index in [1.54, 1.807) is 0 Å². The first-order valence-electron chi connectivity index (χ1n) is 6.68. The summed E-state index contributed by atoms with van der Waals surface area (Å²) in [6.45, 7) is 2.31. The van der Waals surface area contributed by atoms with E-state index in [2.05, 4.69) is 11.1 Å². The molecule has 6 heteroatoms. The zero-order chi connectivity index (χ0) is 13.0. The molecule has 0 atom stereocenters. The van der Waals surface area contributed by atoms with Crippen LogP contribution in [0.2, 0.25) is 0 Å². The van der Waals surface area contributed by atoms with Gasteiger partial charge in [0.1, 0.15) is 0 Å². The van der Waals surface area contributed by atoms with Crippen LogP contribution < -0.4 is 51.4 Å². The van der Waals surface area contributed by atoms with Gasteiger partial charge in [-0.25, -0.2) is 4.18 Å². The van der Waals surface area contributed by atoms with Crippen molar-refractivity contribution >= 4 is 10.4 Å². The molecule has 1 N–H and O–H groups in total. The maximum Gasteiger partial charge on any atom is 1.00 e. The fraction of sp³-hybridized carbons (Fsp3) is 1.00. The molecule has 0 bridgehead atoms. The van der Waals surface area contributed by atoms with E-state index in [4.69, 9.17) is 4.55 Å². The summed E-state index contributed by atoms with van der Waals surface area (Å²) in [5, 5.41) is 0. The van der Waals surface area contributed by atoms with E-state index in [0.29, 0.717) is 6.42 Å². The van der Waals surface area contributed by atoms with Crippen LogP contribution in [0, 0.1) is 0 Å². The minimum atomic E-state index is -4.23. The molecule has 0 amide bonds. The van der Waals surface area contributed by atoms with Crippen LogP contribution in [0.5, 0.6) is 0 Å². The Labute approximate surface area is 156 Å². The summed E-state index contributed by atoms with van der Waals surface area (Å²) in [6, 6.07) is 0. The van der Waals surface area contributed by atoms with Gasteiger partial charge < -0.3 is 1.43 Å². The summed E-state index contributed by atoms with van der Waals surface area (Å²) >= 11 is 0. The van der Waals surface area contributed by atoms with Gasteiger partial charge in [0.2, 0.25) is 0 Å². The predicted octanol–water partition coefficient (Wildman–Crippen LogP) is 0.843. The molecule has 0 aliphatic rings. The maximum atomic E-state index is 10.2. The SMILES string of the molecule is CCCCCCCCCCCCOS(=O)(=O)O.[H-].[K+]. The van der Waals surface area contributed by atoms with Crippen LogP contribution in [-0.4, -0.2) is 19.6 Å². The van der Waals surface area contributed by atoms with E-state index in [9.17, 15) is 8.42 Å². The fourth-order valence-electron chi connectivity index (χ4n) is 1.75. The van der Waals surface area contributed by atoms with Gasteiger partial charge in [-0.15, -0.1) is 0 Å². The second-order valence-corrected chi connectivity index (χ2v) is 5.52. The van der Waals surface area contributed by atoms with Crippen molar-refractivity contribution in [3.63, 3.8) is 0 Å². The normalized spacial score (nSPS) is 11.2. The molecule has 0 aliphatic heterocycles. The molecule has 0 radical (unpaired) electrons. The standard InChI is InChI=1S/C12H26O4S.K.H/c1-2-3-4-5-6-7-8-9-10-11-12-16-17(13,14)15;;/h2-12H2,1H3,(H,13,14,15);;/q;+1;-1. The first-order valence-corrected chi connectivity index (χ1v) is 8.04. The van der Waals surface area contributed by atoms with Gasteiger partial charge in [-0.1, -0.05) is 64.7 Å². The Morgan fingerprint density at radius 1 is 0.889 bits per heavy atom. The first kappa shape index (κ1) is 21.8. The van der Waals surface area contributed by atoms with Crippen LogP contribution in [0.4, 0.5) is 0 Å². The Morgan fingerprint density at radius 2 is 1.28 bits per heavy atom. The fourth-order valence-corrected chi connectivity index (χ4v) is 2.08. The molecule has 0 aliphatic carbocycles. The number of hydrogen-bond donors (Lipinski definition) is 1. The van der Waals surface area contributed by atoms with E-state index in [0.717, 1.165) is 12.8 Å². The average molecular weight is 307 g/mol. The monoisotopic (exact) mass is 306 g/mol. The van der Waals surface area contributed by atoms with Crippen molar-refractivity contribution in [2.24, 2.45) is 0 Å². The predicted molar refractivity (Wildman–Crippen MR) is 70.5 cm³/mol. The largest absolute Gasteiger partial charge is 1.00 e. The second-order valence-electron chi connectivity index (χ2n) is 4.43. The molecule has 0 unspecified atom stereocenters. The molecule has 106 valence electrons. The van der Waals surface area contributed by atoms with Gasteiger partial charge in [-0.3, -0.25) is 4.55 Å². The summed E-state index contributed by atoms with van der Waals surface area (Å²) in [5.74, 6) is 0. The minimum Gasteiger partial charge on any atom is -1.00 e. The van der Waals surface area contributed by atoms with Crippen molar-refractivity contribution in [1.82, 2.24) is 0 Å². The van der Waals surface area contributed by atoms with Crippen LogP contribution >= 0.6 is 0 Å². The van der Waals surface area contributed by atoms with Crippen LogP contribution in [0.25, 0.3) is 0 Å². The molecule has 0 aromatic carbocycles. The van der Waals surface area contributed by atoms with Crippen LogP contribution in [0.3, 0.4) is 0 Å². The molecule has 0 fully saturated rings. The molecular formula is C12H27KO4S. The van der Waals surface area contributed by atoms with Gasteiger partial charge in [0.25, 0.3) is 0 Å². The molecule has 0 saturated carbocycles. The van der Waals surface area contributed by atoms with Gasteiger partial charge in [-0.2, -0.15) is 8.42 Å². The maximum absolute atomic E-state index is 10.2. The van der Waals surface area contributed by atoms with Crippen LogP contribution in [0.15, 0.2) is 0 Å². The van der Waals surface area contributed by atoms with Crippen molar-refractivity contribution in [3.05, 3.63) is 0 Å². The molecule has 0 spiro atoms. The summed E-state index contributed by atoms with van der Waals surface area (Å²) < 4.78 is 33.0. The topological polar surface area (TPSA) is 63.6 Å². The van der Waals surface area contributed by atoms with E-state index in [1.807, 2.05) is 0 Å². The molecule has 0 heterocycles. The third-order valence-corrected chi connectivity index (χ3v) is 3.19. The second kappa shape index (κ2) is 14.9. The number of rotatable bonds is 12. The molecule has 0 saturated heterocycles. The van der Waals surface area contributed by atoms with E-state index in [1.165, 1.54) is 44.9 Å². The van der Waals surface area contributed by atoms with E-state index >= 15 is 0 Å². The van der Waals surface area contributed by atoms with Crippen molar-refractivity contribution in [1.29, 1.82) is 0 Å². The Hall–Kier alpha value is 1.51. The van der Waals surface area contributed by atoms with Gasteiger partial charge in [0.15, 0.2) is 0 Å². The minimum absolute atomic E-state index is 0. The van der Waals surface area contributed by atoms with Crippen LogP contribution in [0.1, 0.15) is 72.6 Å². The van der Waals surface area contributed by atoms with E-state index < -0.39 is 10.4 Å². The first-order chi connectivity index (χ1) is 8.06.